The molecule has 7 atom stereocenters. The molecular weight excluding hydrogens is 516 g/mol. The van der Waals surface area contributed by atoms with Crippen LogP contribution in [0.25, 0.3) is 0 Å². The lowest BCUT2D eigenvalue weighted by Gasteiger charge is -2.47. The molecule has 0 radical (unpaired) electrons. The molecule has 3 aliphatic heterocycles. The monoisotopic (exact) mass is 556 g/mol. The molecule has 0 aliphatic carbocycles. The van der Waals surface area contributed by atoms with Gasteiger partial charge in [0.1, 0.15) is 11.6 Å². The minimum Gasteiger partial charge on any atom is -0.481 e. The van der Waals surface area contributed by atoms with Gasteiger partial charge in [-0.25, -0.2) is 0 Å². The number of halogens is 1. The highest BCUT2D eigenvalue weighted by Crippen LogP contribution is 2.61. The first-order valence-corrected chi connectivity index (χ1v) is 13.4. The summed E-state index contributed by atoms with van der Waals surface area (Å²) in [5, 5.41) is 20.3. The molecule has 8 nitrogen and oxygen atoms in total. The first-order valence-electron chi connectivity index (χ1n) is 12.4. The average Bonchev–Trinajstić information content (AvgIpc) is 3.28. The van der Waals surface area contributed by atoms with Crippen molar-refractivity contribution in [1.29, 1.82) is 0 Å². The van der Waals surface area contributed by atoms with Crippen molar-refractivity contribution in [3.05, 3.63) is 12.7 Å². The van der Waals surface area contributed by atoms with Crippen LogP contribution in [0, 0.1) is 23.2 Å². The molecule has 35 heavy (non-hydrogen) atoms. The number of likely N-dealkylation sites (tertiary alicyclic amines) is 1. The second-order valence-electron chi connectivity index (χ2n) is 12.5. The van der Waals surface area contributed by atoms with Gasteiger partial charge < -0.3 is 24.7 Å². The fourth-order valence-corrected chi connectivity index (χ4v) is 7.85. The van der Waals surface area contributed by atoms with Gasteiger partial charge >= 0.3 is 5.97 Å². The van der Waals surface area contributed by atoms with Crippen LogP contribution in [0.15, 0.2) is 12.7 Å². The predicted octanol–water partition coefficient (Wildman–Crippen LogP) is 3.07. The molecule has 2 amide bonds. The van der Waals surface area contributed by atoms with E-state index >= 15 is 0 Å². The van der Waals surface area contributed by atoms with E-state index in [2.05, 4.69) is 43.3 Å². The Morgan fingerprint density at radius 1 is 1.31 bits per heavy atom. The Labute approximate surface area is 217 Å². The molecule has 2 bridgehead atoms. The van der Waals surface area contributed by atoms with Gasteiger partial charge in [0.2, 0.25) is 11.8 Å². The second kappa shape index (κ2) is 9.45. The number of hydrogen-bond donors (Lipinski definition) is 2. The molecule has 3 saturated heterocycles. The van der Waals surface area contributed by atoms with Crippen molar-refractivity contribution in [1.82, 2.24) is 9.80 Å². The van der Waals surface area contributed by atoms with E-state index in [0.717, 1.165) is 0 Å². The molecule has 198 valence electrons. The van der Waals surface area contributed by atoms with Crippen molar-refractivity contribution in [2.24, 2.45) is 23.2 Å². The van der Waals surface area contributed by atoms with Crippen molar-refractivity contribution in [3.63, 3.8) is 0 Å². The van der Waals surface area contributed by atoms with Crippen LogP contribution in [-0.4, -0.2) is 85.1 Å². The third kappa shape index (κ3) is 4.57. The number of alkyl halides is 1. The molecule has 0 aromatic heterocycles. The number of carbonyl (C=O) groups is 3. The molecule has 3 heterocycles. The van der Waals surface area contributed by atoms with E-state index in [9.17, 15) is 24.6 Å². The minimum absolute atomic E-state index is 0.0710. The predicted molar refractivity (Wildman–Crippen MR) is 136 cm³/mol. The number of carbonyl (C=O) groups excluding carboxylic acids is 2. The number of amides is 2. The summed E-state index contributed by atoms with van der Waals surface area (Å²) >= 11 is 3.57. The van der Waals surface area contributed by atoms with Crippen LogP contribution < -0.4 is 0 Å². The largest absolute Gasteiger partial charge is 0.481 e. The molecular formula is C26H41BrN2O6. The fourth-order valence-electron chi connectivity index (χ4n) is 6.91. The Bertz CT molecular complexity index is 884. The van der Waals surface area contributed by atoms with Gasteiger partial charge in [0.25, 0.3) is 0 Å². The SMILES string of the molecule is C=CCN(C(=O)C1N([C@@H](CO)C(C)C)C(=O)[C@@H]2[C@@H](C(=O)O)[C@@H]3OC12CC3Br)C(C)(C)CC(C)(C)C. The van der Waals surface area contributed by atoms with Crippen LogP contribution in [0.1, 0.15) is 61.3 Å². The number of rotatable bonds is 9. The number of aliphatic hydroxyl groups excluding tert-OH is 1. The standard InChI is InChI=1S/C26H41BrN2O6/c1-9-10-28(25(7,8)13-24(4,5)6)22(32)20-26-11-15(27)19(35-26)17(23(33)34)18(26)21(31)29(20)16(12-30)14(2)3/h9,14-20,30H,1,10-13H2,2-8H3,(H,33,34)/t15?,16-,17+,18-,19+,20?,26?/m0/s1. The van der Waals surface area contributed by atoms with Crippen LogP contribution in [-0.2, 0) is 19.1 Å². The molecule has 3 unspecified atom stereocenters. The van der Waals surface area contributed by atoms with Crippen LogP contribution >= 0.6 is 15.9 Å². The van der Waals surface area contributed by atoms with Gasteiger partial charge in [-0.3, -0.25) is 14.4 Å². The molecule has 0 saturated carbocycles. The van der Waals surface area contributed by atoms with Crippen LogP contribution in [0.5, 0.6) is 0 Å². The molecule has 9 heteroatoms. The highest BCUT2D eigenvalue weighted by atomic mass is 79.9. The van der Waals surface area contributed by atoms with Crippen molar-refractivity contribution in [3.8, 4) is 0 Å². The fraction of sp³-hybridized carbons (Fsp3) is 0.808. The van der Waals surface area contributed by atoms with Gasteiger partial charge in [-0.1, -0.05) is 56.6 Å². The summed E-state index contributed by atoms with van der Waals surface area (Å²) in [5.41, 5.74) is -1.91. The summed E-state index contributed by atoms with van der Waals surface area (Å²) in [6, 6.07) is -1.67. The Morgan fingerprint density at radius 2 is 1.91 bits per heavy atom. The number of aliphatic carboxylic acids is 1. The zero-order chi connectivity index (χ0) is 26.7. The summed E-state index contributed by atoms with van der Waals surface area (Å²) in [6.45, 7) is 17.9. The summed E-state index contributed by atoms with van der Waals surface area (Å²) in [5.74, 6) is -3.99. The van der Waals surface area contributed by atoms with Crippen molar-refractivity contribution >= 4 is 33.7 Å². The van der Waals surface area contributed by atoms with Crippen LogP contribution in [0.2, 0.25) is 0 Å². The Hall–Kier alpha value is -1.45. The number of carboxylic acid groups (broad SMARTS) is 1. The van der Waals surface area contributed by atoms with E-state index in [4.69, 9.17) is 4.74 Å². The number of fused-ring (bicyclic) bond motifs is 1. The van der Waals surface area contributed by atoms with Gasteiger partial charge in [-0.05, 0) is 38.0 Å². The highest BCUT2D eigenvalue weighted by Gasteiger charge is 2.77. The van der Waals surface area contributed by atoms with Crippen molar-refractivity contribution in [2.45, 2.75) is 95.5 Å². The minimum atomic E-state index is -1.27. The quantitative estimate of drug-likeness (QED) is 0.334. The van der Waals surface area contributed by atoms with E-state index in [0.29, 0.717) is 12.8 Å². The molecule has 3 fully saturated rings. The maximum Gasteiger partial charge on any atom is 0.310 e. The number of aliphatic hydroxyl groups is 1. The first kappa shape index (κ1) is 28.1. The molecule has 3 aliphatic rings. The summed E-state index contributed by atoms with van der Waals surface area (Å²) in [6.07, 6.45) is 2.03. The molecule has 2 N–H and O–H groups in total. The maximum atomic E-state index is 14.5. The van der Waals surface area contributed by atoms with Crippen molar-refractivity contribution < 1.29 is 29.3 Å². The lowest BCUT2D eigenvalue weighted by molar-refractivity contribution is -0.157. The zero-order valence-electron chi connectivity index (χ0n) is 22.0. The third-order valence-corrected chi connectivity index (χ3v) is 8.68. The van der Waals surface area contributed by atoms with Crippen LogP contribution in [0.3, 0.4) is 0 Å². The Balaban J connectivity index is 2.18. The number of ether oxygens (including phenoxy) is 1. The Morgan fingerprint density at radius 3 is 2.37 bits per heavy atom. The smallest absolute Gasteiger partial charge is 0.310 e. The number of carboxylic acids is 1. The van der Waals surface area contributed by atoms with E-state index in [1.165, 1.54) is 4.90 Å². The summed E-state index contributed by atoms with van der Waals surface area (Å²) < 4.78 is 6.38. The van der Waals surface area contributed by atoms with Crippen molar-refractivity contribution in [2.75, 3.05) is 13.2 Å². The van der Waals surface area contributed by atoms with Gasteiger partial charge in [0.15, 0.2) is 0 Å². The molecule has 0 aromatic carbocycles. The van der Waals surface area contributed by atoms with Crippen LogP contribution in [0.4, 0.5) is 0 Å². The van der Waals surface area contributed by atoms with E-state index in [-0.39, 0.29) is 35.2 Å². The molecule has 1 spiro atoms. The normalized spacial score (nSPS) is 33.3. The number of hydrogen-bond acceptors (Lipinski definition) is 5. The Kier molecular flexibility index (Phi) is 7.60. The maximum absolute atomic E-state index is 14.5. The second-order valence-corrected chi connectivity index (χ2v) is 13.7. The van der Waals surface area contributed by atoms with Gasteiger partial charge in [-0.15, -0.1) is 6.58 Å². The summed E-state index contributed by atoms with van der Waals surface area (Å²) in [7, 11) is 0. The lowest BCUT2D eigenvalue weighted by atomic mass is 9.70. The van der Waals surface area contributed by atoms with Gasteiger partial charge in [0, 0.05) is 16.9 Å². The van der Waals surface area contributed by atoms with E-state index in [1.54, 1.807) is 11.0 Å². The van der Waals surface area contributed by atoms with E-state index in [1.807, 2.05) is 27.7 Å². The molecule has 0 aromatic rings. The third-order valence-electron chi connectivity index (χ3n) is 7.83. The lowest BCUT2D eigenvalue weighted by Crippen LogP contribution is -2.63. The first-order chi connectivity index (χ1) is 16.0. The van der Waals surface area contributed by atoms with Gasteiger partial charge in [-0.2, -0.15) is 0 Å². The van der Waals surface area contributed by atoms with Gasteiger partial charge in [0.05, 0.1) is 30.6 Å². The number of nitrogens with zero attached hydrogens (tertiary/aromatic N) is 2. The highest BCUT2D eigenvalue weighted by molar-refractivity contribution is 9.09. The van der Waals surface area contributed by atoms with E-state index < -0.39 is 53.0 Å². The topological polar surface area (TPSA) is 107 Å². The summed E-state index contributed by atoms with van der Waals surface area (Å²) in [4.78, 5) is 43.7. The molecule has 3 rings (SSSR count). The average molecular weight is 558 g/mol. The zero-order valence-corrected chi connectivity index (χ0v) is 23.5.